The van der Waals surface area contributed by atoms with Gasteiger partial charge in [0.2, 0.25) is 0 Å². The molecule has 3 aromatic rings. The third-order valence-electron chi connectivity index (χ3n) is 5.63. The Morgan fingerprint density at radius 1 is 1.15 bits per heavy atom. The molecule has 0 saturated carbocycles. The molecule has 1 aliphatic rings. The number of hydrogen-bond donors (Lipinski definition) is 0. The van der Waals surface area contributed by atoms with Gasteiger partial charge in [0.1, 0.15) is 18.2 Å². The van der Waals surface area contributed by atoms with Gasteiger partial charge >= 0.3 is 0 Å². The van der Waals surface area contributed by atoms with Gasteiger partial charge in [0.15, 0.2) is 11.5 Å². The number of ether oxygens (including phenoxy) is 2. The van der Waals surface area contributed by atoms with E-state index in [2.05, 4.69) is 0 Å². The second-order valence-corrected chi connectivity index (χ2v) is 8.45. The van der Waals surface area contributed by atoms with Crippen molar-refractivity contribution in [3.63, 3.8) is 0 Å². The average Bonchev–Trinajstić information content (AvgIpc) is 3.27. The SMILES string of the molecule is CCOc1cc(/C=C(\C#N)C(=O)N2CCc3ccccc32)cc(Cl)c1OCc1ccc(C)cc1. The zero-order valence-electron chi connectivity index (χ0n) is 19.2. The number of para-hydroxylation sites is 1. The number of nitriles is 1. The van der Waals surface area contributed by atoms with E-state index in [4.69, 9.17) is 21.1 Å². The van der Waals surface area contributed by atoms with Gasteiger partial charge in [0.25, 0.3) is 5.91 Å². The van der Waals surface area contributed by atoms with Crippen molar-refractivity contribution in [3.05, 3.63) is 93.5 Å². The van der Waals surface area contributed by atoms with Gasteiger partial charge in [-0.15, -0.1) is 0 Å². The van der Waals surface area contributed by atoms with Crippen LogP contribution in [0.25, 0.3) is 6.08 Å². The molecular weight excluding hydrogens is 448 g/mol. The molecule has 0 unspecified atom stereocenters. The highest BCUT2D eigenvalue weighted by Crippen LogP contribution is 2.38. The second kappa shape index (κ2) is 10.5. The number of benzene rings is 3. The number of anilines is 1. The summed E-state index contributed by atoms with van der Waals surface area (Å²) >= 11 is 6.55. The summed E-state index contributed by atoms with van der Waals surface area (Å²) in [5.41, 5.74) is 4.76. The van der Waals surface area contributed by atoms with Crippen LogP contribution in [0.4, 0.5) is 5.69 Å². The third kappa shape index (κ3) is 5.08. The van der Waals surface area contributed by atoms with E-state index < -0.39 is 0 Å². The highest BCUT2D eigenvalue weighted by molar-refractivity contribution is 6.32. The number of carbonyl (C=O) groups excluding carboxylic acids is 1. The van der Waals surface area contributed by atoms with Crippen molar-refractivity contribution in [2.75, 3.05) is 18.1 Å². The van der Waals surface area contributed by atoms with E-state index in [0.29, 0.717) is 41.8 Å². The molecule has 1 amide bonds. The summed E-state index contributed by atoms with van der Waals surface area (Å²) in [6.07, 6.45) is 2.31. The van der Waals surface area contributed by atoms with Gasteiger partial charge in [-0.2, -0.15) is 5.26 Å². The molecule has 0 N–H and O–H groups in total. The van der Waals surface area contributed by atoms with E-state index in [0.717, 1.165) is 23.2 Å². The number of nitrogens with zero attached hydrogens (tertiary/aromatic N) is 2. The van der Waals surface area contributed by atoms with E-state index in [1.807, 2.05) is 68.4 Å². The first-order valence-corrected chi connectivity index (χ1v) is 11.5. The lowest BCUT2D eigenvalue weighted by Gasteiger charge is -2.17. The molecular formula is C28H25ClN2O3. The van der Waals surface area contributed by atoms with Crippen LogP contribution in [0.3, 0.4) is 0 Å². The number of carbonyl (C=O) groups is 1. The topological polar surface area (TPSA) is 62.6 Å². The van der Waals surface area contributed by atoms with Gasteiger partial charge < -0.3 is 14.4 Å². The minimum Gasteiger partial charge on any atom is -0.490 e. The zero-order chi connectivity index (χ0) is 24.1. The fraction of sp³-hybridized carbons (Fsp3) is 0.214. The van der Waals surface area contributed by atoms with Crippen LogP contribution in [-0.2, 0) is 17.8 Å². The smallest absolute Gasteiger partial charge is 0.268 e. The van der Waals surface area contributed by atoms with Crippen molar-refractivity contribution in [1.29, 1.82) is 5.26 Å². The number of halogens is 1. The number of hydrogen-bond acceptors (Lipinski definition) is 4. The van der Waals surface area contributed by atoms with Crippen molar-refractivity contribution in [1.82, 2.24) is 0 Å². The van der Waals surface area contributed by atoms with Crippen molar-refractivity contribution in [3.8, 4) is 17.6 Å². The number of amides is 1. The lowest BCUT2D eigenvalue weighted by molar-refractivity contribution is -0.114. The van der Waals surface area contributed by atoms with Crippen LogP contribution in [0.5, 0.6) is 11.5 Å². The minimum absolute atomic E-state index is 0.0311. The largest absolute Gasteiger partial charge is 0.490 e. The molecule has 0 spiro atoms. The molecule has 3 aromatic carbocycles. The van der Waals surface area contributed by atoms with E-state index >= 15 is 0 Å². The van der Waals surface area contributed by atoms with E-state index in [-0.39, 0.29) is 11.5 Å². The number of fused-ring (bicyclic) bond motifs is 1. The van der Waals surface area contributed by atoms with Crippen molar-refractivity contribution in [2.24, 2.45) is 0 Å². The Bertz CT molecular complexity index is 1280. The van der Waals surface area contributed by atoms with E-state index in [1.165, 1.54) is 5.56 Å². The molecule has 1 aliphatic heterocycles. The fourth-order valence-electron chi connectivity index (χ4n) is 3.92. The van der Waals surface area contributed by atoms with Gasteiger partial charge in [0.05, 0.1) is 11.6 Å². The van der Waals surface area contributed by atoms with Gasteiger partial charge in [-0.05, 0) is 61.2 Å². The van der Waals surface area contributed by atoms with Crippen molar-refractivity contribution >= 4 is 29.3 Å². The van der Waals surface area contributed by atoms with Crippen LogP contribution < -0.4 is 14.4 Å². The summed E-state index contributed by atoms with van der Waals surface area (Å²) in [5.74, 6) is 0.561. The summed E-state index contributed by atoms with van der Waals surface area (Å²) in [6.45, 7) is 5.21. The second-order valence-electron chi connectivity index (χ2n) is 8.04. The zero-order valence-corrected chi connectivity index (χ0v) is 19.9. The van der Waals surface area contributed by atoms with Gasteiger partial charge in [-0.25, -0.2) is 0 Å². The summed E-state index contributed by atoms with van der Waals surface area (Å²) in [6, 6.07) is 21.3. The quantitative estimate of drug-likeness (QED) is 0.307. The lowest BCUT2D eigenvalue weighted by Crippen LogP contribution is -2.29. The summed E-state index contributed by atoms with van der Waals surface area (Å²) < 4.78 is 11.8. The fourth-order valence-corrected chi connectivity index (χ4v) is 4.19. The van der Waals surface area contributed by atoms with Crippen LogP contribution >= 0.6 is 11.6 Å². The normalized spacial score (nSPS) is 12.8. The third-order valence-corrected chi connectivity index (χ3v) is 5.91. The minimum atomic E-state index is -0.332. The first-order valence-electron chi connectivity index (χ1n) is 11.2. The van der Waals surface area contributed by atoms with Crippen LogP contribution in [0, 0.1) is 18.3 Å². The Hall–Kier alpha value is -3.75. The maximum atomic E-state index is 13.1. The van der Waals surface area contributed by atoms with E-state index in [9.17, 15) is 10.1 Å². The summed E-state index contributed by atoms with van der Waals surface area (Å²) in [7, 11) is 0. The van der Waals surface area contributed by atoms with Crippen LogP contribution in [0.2, 0.25) is 5.02 Å². The molecule has 6 heteroatoms. The molecule has 5 nitrogen and oxygen atoms in total. The Morgan fingerprint density at radius 3 is 2.65 bits per heavy atom. The predicted octanol–water partition coefficient (Wildman–Crippen LogP) is 6.12. The monoisotopic (exact) mass is 472 g/mol. The molecule has 0 saturated heterocycles. The highest BCUT2D eigenvalue weighted by atomic mass is 35.5. The lowest BCUT2D eigenvalue weighted by atomic mass is 10.1. The van der Waals surface area contributed by atoms with Gasteiger partial charge in [0, 0.05) is 12.2 Å². The Kier molecular flexibility index (Phi) is 7.20. The molecule has 34 heavy (non-hydrogen) atoms. The summed E-state index contributed by atoms with van der Waals surface area (Å²) in [4.78, 5) is 14.8. The molecule has 0 atom stereocenters. The molecule has 0 bridgehead atoms. The maximum Gasteiger partial charge on any atom is 0.268 e. The van der Waals surface area contributed by atoms with Crippen LogP contribution in [0.1, 0.15) is 29.2 Å². The van der Waals surface area contributed by atoms with Gasteiger partial charge in [-0.3, -0.25) is 4.79 Å². The molecule has 0 aromatic heterocycles. The first-order chi connectivity index (χ1) is 16.5. The molecule has 172 valence electrons. The summed E-state index contributed by atoms with van der Waals surface area (Å²) in [5, 5.41) is 10.1. The highest BCUT2D eigenvalue weighted by Gasteiger charge is 2.26. The Balaban J connectivity index is 1.60. The van der Waals surface area contributed by atoms with Crippen molar-refractivity contribution in [2.45, 2.75) is 26.9 Å². The predicted molar refractivity (Wildman–Crippen MR) is 134 cm³/mol. The average molecular weight is 473 g/mol. The molecule has 0 aliphatic carbocycles. The standard InChI is InChI=1S/C28H25ClN2O3/c1-3-33-26-16-21(15-24(29)27(26)34-18-20-10-8-19(2)9-11-20)14-23(17-30)28(32)31-13-12-22-6-4-5-7-25(22)31/h4-11,14-16H,3,12-13,18H2,1-2H3/b23-14+. The van der Waals surface area contributed by atoms with Crippen LogP contribution in [-0.4, -0.2) is 19.1 Å². The Morgan fingerprint density at radius 2 is 1.91 bits per heavy atom. The Labute approximate surface area is 204 Å². The maximum absolute atomic E-state index is 13.1. The van der Waals surface area contributed by atoms with Gasteiger partial charge in [-0.1, -0.05) is 59.6 Å². The van der Waals surface area contributed by atoms with E-state index in [1.54, 1.807) is 23.1 Å². The molecule has 1 heterocycles. The first kappa shape index (κ1) is 23.4. The van der Waals surface area contributed by atoms with Crippen LogP contribution in [0.15, 0.2) is 66.2 Å². The molecule has 0 radical (unpaired) electrons. The number of aryl methyl sites for hydroxylation is 1. The molecule has 0 fully saturated rings. The number of rotatable bonds is 7. The molecule has 4 rings (SSSR count). The van der Waals surface area contributed by atoms with Crippen molar-refractivity contribution < 1.29 is 14.3 Å².